The third-order valence-electron chi connectivity index (χ3n) is 2.45. The van der Waals surface area contributed by atoms with Gasteiger partial charge in [-0.2, -0.15) is 4.99 Å². The van der Waals surface area contributed by atoms with Crippen molar-refractivity contribution in [3.63, 3.8) is 0 Å². The third kappa shape index (κ3) is 3.29. The highest BCUT2D eigenvalue weighted by Gasteiger charge is 2.44. The Kier molecular flexibility index (Phi) is 5.13. The van der Waals surface area contributed by atoms with Crippen molar-refractivity contribution in [2.24, 2.45) is 4.99 Å². The smallest absolute Gasteiger partial charge is 0.217 e. The maximum absolute atomic E-state index is 11.0. The molecule has 1 fully saturated rings. The molecule has 0 aliphatic carbocycles. The zero-order valence-electron chi connectivity index (χ0n) is 9.11. The Bertz CT molecular complexity index is 333. The van der Waals surface area contributed by atoms with Gasteiger partial charge in [-0.3, -0.25) is 4.79 Å². The Balaban J connectivity index is 2.90. The molecule has 1 heterocycles. The van der Waals surface area contributed by atoms with Gasteiger partial charge < -0.3 is 25.4 Å². The van der Waals surface area contributed by atoms with Gasteiger partial charge in [-0.1, -0.05) is 0 Å². The van der Waals surface area contributed by atoms with Crippen molar-refractivity contribution in [1.29, 1.82) is 0 Å². The highest BCUT2D eigenvalue weighted by molar-refractivity contribution is 7.78. The van der Waals surface area contributed by atoms with Crippen molar-refractivity contribution in [2.45, 2.75) is 37.5 Å². The number of thiocarbonyl (C=S) groups is 1. The van der Waals surface area contributed by atoms with Gasteiger partial charge in [0.25, 0.3) is 0 Å². The van der Waals surface area contributed by atoms with E-state index in [2.05, 4.69) is 27.7 Å². The Morgan fingerprint density at radius 2 is 2.18 bits per heavy atom. The molecule has 17 heavy (non-hydrogen) atoms. The first kappa shape index (κ1) is 14.2. The molecule has 1 saturated heterocycles. The molecule has 0 aromatic rings. The molecule has 1 amide bonds. The number of nitrogens with one attached hydrogen (secondary N) is 1. The first-order valence-electron chi connectivity index (χ1n) is 4.97. The average molecular weight is 262 g/mol. The lowest BCUT2D eigenvalue weighted by Crippen LogP contribution is -2.63. The molecule has 96 valence electrons. The molecule has 8 heteroatoms. The quantitative estimate of drug-likeness (QED) is 0.347. The second-order valence-corrected chi connectivity index (χ2v) is 3.86. The van der Waals surface area contributed by atoms with Crippen LogP contribution in [0.25, 0.3) is 0 Å². The van der Waals surface area contributed by atoms with E-state index >= 15 is 0 Å². The summed E-state index contributed by atoms with van der Waals surface area (Å²) in [6.45, 7) is 0.782. The van der Waals surface area contributed by atoms with Crippen LogP contribution >= 0.6 is 12.2 Å². The van der Waals surface area contributed by atoms with Crippen LogP contribution < -0.4 is 5.32 Å². The summed E-state index contributed by atoms with van der Waals surface area (Å²) >= 11 is 4.43. The number of hydrogen-bond donors (Lipinski definition) is 4. The van der Waals surface area contributed by atoms with Crippen molar-refractivity contribution in [1.82, 2.24) is 5.32 Å². The van der Waals surface area contributed by atoms with Crippen LogP contribution in [0.2, 0.25) is 0 Å². The molecule has 7 nitrogen and oxygen atoms in total. The average Bonchev–Trinajstić information content (AvgIpc) is 2.28. The molecule has 1 aliphatic rings. The lowest BCUT2D eigenvalue weighted by Gasteiger charge is -2.40. The summed E-state index contributed by atoms with van der Waals surface area (Å²) in [6.07, 6.45) is -4.57. The summed E-state index contributed by atoms with van der Waals surface area (Å²) < 4.78 is 5.20. The van der Waals surface area contributed by atoms with E-state index in [0.29, 0.717) is 0 Å². The van der Waals surface area contributed by atoms with Crippen LogP contribution in [-0.2, 0) is 9.53 Å². The first-order chi connectivity index (χ1) is 8.01. The highest BCUT2D eigenvalue weighted by atomic mass is 32.1. The third-order valence-corrected chi connectivity index (χ3v) is 2.56. The molecule has 0 saturated carbocycles. The summed E-state index contributed by atoms with van der Waals surface area (Å²) in [7, 11) is 0. The lowest BCUT2D eigenvalue weighted by molar-refractivity contribution is -0.192. The fourth-order valence-corrected chi connectivity index (χ4v) is 1.75. The Morgan fingerprint density at radius 3 is 2.65 bits per heavy atom. The van der Waals surface area contributed by atoms with Crippen molar-refractivity contribution in [3.8, 4) is 0 Å². The number of carbonyl (C=O) groups excluding carboxylic acids is 1. The minimum Gasteiger partial charge on any atom is -0.394 e. The minimum atomic E-state index is -1.31. The number of aliphatic hydroxyl groups excluding tert-OH is 3. The number of isothiocyanates is 1. The maximum atomic E-state index is 11.0. The molecule has 0 unspecified atom stereocenters. The normalized spacial score (nSPS) is 37.1. The van der Waals surface area contributed by atoms with E-state index in [1.54, 1.807) is 0 Å². The van der Waals surface area contributed by atoms with Gasteiger partial charge in [0.2, 0.25) is 5.91 Å². The van der Waals surface area contributed by atoms with E-state index in [9.17, 15) is 15.0 Å². The second-order valence-electron chi connectivity index (χ2n) is 3.68. The van der Waals surface area contributed by atoms with Gasteiger partial charge in [-0.05, 0) is 12.2 Å². The number of ether oxygens (including phenoxy) is 1. The van der Waals surface area contributed by atoms with Crippen LogP contribution in [0.4, 0.5) is 0 Å². The summed E-state index contributed by atoms with van der Waals surface area (Å²) in [5.41, 5.74) is 0. The van der Waals surface area contributed by atoms with E-state index in [0.717, 1.165) is 0 Å². The number of nitrogens with zero attached hydrogens (tertiary/aromatic N) is 1. The van der Waals surface area contributed by atoms with Crippen LogP contribution in [0.1, 0.15) is 6.92 Å². The van der Waals surface area contributed by atoms with Gasteiger partial charge in [0.05, 0.1) is 11.8 Å². The molecular formula is C9H14N2O5S. The molecule has 0 spiro atoms. The van der Waals surface area contributed by atoms with Crippen LogP contribution in [-0.4, -0.2) is 63.6 Å². The fourth-order valence-electron chi connectivity index (χ4n) is 1.65. The molecule has 4 N–H and O–H groups in total. The van der Waals surface area contributed by atoms with Gasteiger partial charge in [0.15, 0.2) is 6.23 Å². The molecule has 1 rings (SSSR count). The Morgan fingerprint density at radius 1 is 1.53 bits per heavy atom. The van der Waals surface area contributed by atoms with Gasteiger partial charge in [-0.25, -0.2) is 0 Å². The predicted octanol–water partition coefficient (Wildman–Crippen LogP) is -1.97. The molecule has 0 bridgehead atoms. The van der Waals surface area contributed by atoms with Gasteiger partial charge >= 0.3 is 0 Å². The van der Waals surface area contributed by atoms with E-state index in [4.69, 9.17) is 9.84 Å². The summed E-state index contributed by atoms with van der Waals surface area (Å²) in [4.78, 5) is 14.6. The second kappa shape index (κ2) is 6.15. The van der Waals surface area contributed by atoms with Crippen molar-refractivity contribution in [3.05, 3.63) is 0 Å². The highest BCUT2D eigenvalue weighted by Crippen LogP contribution is 2.21. The van der Waals surface area contributed by atoms with E-state index in [-0.39, 0.29) is 0 Å². The standard InChI is InChI=1S/C9H14N2O5S/c1-4(13)11-6-8(15)7(14)5(2-12)16-9(6)10-3-17/h5-9,12,14-15H,2H2,1H3,(H,11,13)/t5-,6-,7+,8-,9+/m1/s1. The molecule has 0 aromatic heterocycles. The number of aliphatic hydroxyl groups is 3. The number of amides is 1. The number of aliphatic imine (C=N–C) groups is 1. The van der Waals surface area contributed by atoms with E-state index < -0.39 is 43.1 Å². The van der Waals surface area contributed by atoms with Gasteiger partial charge in [-0.15, -0.1) is 0 Å². The van der Waals surface area contributed by atoms with Gasteiger partial charge in [0, 0.05) is 6.92 Å². The summed E-state index contributed by atoms with van der Waals surface area (Å²) in [6, 6.07) is -0.930. The largest absolute Gasteiger partial charge is 0.394 e. The van der Waals surface area contributed by atoms with E-state index in [1.165, 1.54) is 6.92 Å². The molecule has 0 aromatic carbocycles. The summed E-state index contributed by atoms with van der Waals surface area (Å²) in [5.74, 6) is -0.406. The van der Waals surface area contributed by atoms with E-state index in [1.807, 2.05) is 0 Å². The van der Waals surface area contributed by atoms with Crippen molar-refractivity contribution < 1.29 is 24.9 Å². The Labute approximate surface area is 103 Å². The van der Waals surface area contributed by atoms with Crippen LogP contribution in [0.5, 0.6) is 0 Å². The fraction of sp³-hybridized carbons (Fsp3) is 0.778. The van der Waals surface area contributed by atoms with Crippen LogP contribution in [0, 0.1) is 0 Å². The molecule has 5 atom stereocenters. The van der Waals surface area contributed by atoms with Crippen LogP contribution in [0.3, 0.4) is 0 Å². The molecular weight excluding hydrogens is 248 g/mol. The topological polar surface area (TPSA) is 111 Å². The minimum absolute atomic E-state index is 0.406. The monoisotopic (exact) mass is 262 g/mol. The zero-order valence-corrected chi connectivity index (χ0v) is 9.92. The number of carbonyl (C=O) groups is 1. The lowest BCUT2D eigenvalue weighted by atomic mass is 9.96. The van der Waals surface area contributed by atoms with Gasteiger partial charge in [0.1, 0.15) is 24.4 Å². The Hall–Kier alpha value is -0.890. The first-order valence-corrected chi connectivity index (χ1v) is 5.38. The zero-order chi connectivity index (χ0) is 13.0. The number of rotatable bonds is 3. The summed E-state index contributed by atoms with van der Waals surface area (Å²) in [5, 5.41) is 32.9. The predicted molar refractivity (Wildman–Crippen MR) is 60.4 cm³/mol. The maximum Gasteiger partial charge on any atom is 0.217 e. The van der Waals surface area contributed by atoms with Crippen molar-refractivity contribution in [2.75, 3.05) is 6.61 Å². The van der Waals surface area contributed by atoms with Crippen molar-refractivity contribution >= 4 is 23.3 Å². The SMILES string of the molecule is CC(=O)N[C@@H]1[C@@H](O)[C@@H](O)[C@@H](CO)O[C@@H]1N=C=S. The number of hydrogen-bond acceptors (Lipinski definition) is 7. The van der Waals surface area contributed by atoms with Crippen LogP contribution in [0.15, 0.2) is 4.99 Å². The molecule has 1 aliphatic heterocycles. The molecule has 0 radical (unpaired) electrons.